The number of aliphatic carboxylic acids is 1. The Morgan fingerprint density at radius 3 is 2.52 bits per heavy atom. The molecule has 1 aromatic heterocycles. The third kappa shape index (κ3) is 4.18. The zero-order valence-corrected chi connectivity index (χ0v) is 16.6. The summed E-state index contributed by atoms with van der Waals surface area (Å²) in [6.45, 7) is 5.71. The molecule has 0 saturated heterocycles. The molecule has 2 aromatic carbocycles. The molecule has 7 heteroatoms. The van der Waals surface area contributed by atoms with Crippen molar-refractivity contribution in [3.05, 3.63) is 75.3 Å². The van der Waals surface area contributed by atoms with E-state index in [1.807, 2.05) is 32.9 Å². The minimum absolute atomic E-state index is 0.0342. The Hall–Kier alpha value is -3.48. The van der Waals surface area contributed by atoms with Crippen LogP contribution in [0.15, 0.2) is 47.5 Å². The molecule has 0 fully saturated rings. The van der Waals surface area contributed by atoms with Gasteiger partial charge in [0.2, 0.25) is 5.91 Å². The van der Waals surface area contributed by atoms with Crippen LogP contribution in [0.2, 0.25) is 0 Å². The quantitative estimate of drug-likeness (QED) is 0.670. The van der Waals surface area contributed by atoms with Crippen LogP contribution in [-0.2, 0) is 16.1 Å². The molecule has 29 heavy (non-hydrogen) atoms. The number of hydrogen-bond donors (Lipinski definition) is 2. The zero-order valence-electron chi connectivity index (χ0n) is 16.6. The number of carboxylic acids is 1. The number of nitrogens with zero attached hydrogens (tertiary/aromatic N) is 2. The molecule has 2 N–H and O–H groups in total. The minimum Gasteiger partial charge on any atom is -0.479 e. The van der Waals surface area contributed by atoms with Gasteiger partial charge in [-0.1, -0.05) is 30.3 Å². The van der Waals surface area contributed by atoms with Crippen LogP contribution in [0, 0.1) is 20.8 Å². The number of carboxylic acid groups (broad SMARTS) is 1. The van der Waals surface area contributed by atoms with Gasteiger partial charge >= 0.3 is 5.97 Å². The fraction of sp³-hybridized carbons (Fsp3) is 0.273. The molecule has 1 heterocycles. The zero-order chi connectivity index (χ0) is 21.1. The number of nitrogens with one attached hydrogen (secondary N) is 1. The topological polar surface area (TPSA) is 101 Å². The van der Waals surface area contributed by atoms with E-state index in [4.69, 9.17) is 0 Å². The molecule has 0 aliphatic carbocycles. The maximum absolute atomic E-state index is 12.6. The van der Waals surface area contributed by atoms with Crippen molar-refractivity contribution in [1.29, 1.82) is 0 Å². The first-order chi connectivity index (χ1) is 13.8. The number of benzene rings is 2. The fourth-order valence-corrected chi connectivity index (χ4v) is 3.31. The Bertz CT molecular complexity index is 1150. The van der Waals surface area contributed by atoms with Gasteiger partial charge in [-0.05, 0) is 49.1 Å². The highest BCUT2D eigenvalue weighted by molar-refractivity contribution is 5.85. The normalized spacial score (nSPS) is 12.0. The first kappa shape index (κ1) is 20.3. The summed E-state index contributed by atoms with van der Waals surface area (Å²) in [6, 6.07) is 9.58. The summed E-state index contributed by atoms with van der Waals surface area (Å²) in [5, 5.41) is 12.6. The van der Waals surface area contributed by atoms with Crippen LogP contribution in [0.25, 0.3) is 10.9 Å². The van der Waals surface area contributed by atoms with Gasteiger partial charge in [-0.25, -0.2) is 9.78 Å². The van der Waals surface area contributed by atoms with E-state index in [1.54, 1.807) is 24.3 Å². The summed E-state index contributed by atoms with van der Waals surface area (Å²) < 4.78 is 1.37. The van der Waals surface area contributed by atoms with Crippen molar-refractivity contribution in [1.82, 2.24) is 14.9 Å². The molecule has 0 radical (unpaired) electrons. The van der Waals surface area contributed by atoms with Crippen molar-refractivity contribution >= 4 is 22.8 Å². The van der Waals surface area contributed by atoms with Crippen molar-refractivity contribution in [3.63, 3.8) is 0 Å². The number of amides is 1. The summed E-state index contributed by atoms with van der Waals surface area (Å²) in [4.78, 5) is 41.1. The lowest BCUT2D eigenvalue weighted by Crippen LogP contribution is -2.35. The maximum Gasteiger partial charge on any atom is 0.330 e. The van der Waals surface area contributed by atoms with Gasteiger partial charge in [0, 0.05) is 13.0 Å². The Labute approximate surface area is 168 Å². The van der Waals surface area contributed by atoms with Crippen molar-refractivity contribution in [2.24, 2.45) is 0 Å². The number of carbonyl (C=O) groups excluding carboxylic acids is 1. The highest BCUT2D eigenvalue weighted by Crippen LogP contribution is 2.21. The van der Waals surface area contributed by atoms with Gasteiger partial charge < -0.3 is 10.4 Å². The molecule has 0 saturated carbocycles. The highest BCUT2D eigenvalue weighted by atomic mass is 16.4. The fourth-order valence-electron chi connectivity index (χ4n) is 3.31. The smallest absolute Gasteiger partial charge is 0.330 e. The van der Waals surface area contributed by atoms with Gasteiger partial charge in [-0.3, -0.25) is 14.2 Å². The number of hydrogen-bond acceptors (Lipinski definition) is 4. The number of rotatable bonds is 6. The molecule has 3 rings (SSSR count). The van der Waals surface area contributed by atoms with Gasteiger partial charge in [0.15, 0.2) is 6.04 Å². The van der Waals surface area contributed by atoms with E-state index in [9.17, 15) is 19.5 Å². The number of para-hydroxylation sites is 1. The van der Waals surface area contributed by atoms with Crippen LogP contribution in [0.5, 0.6) is 0 Å². The van der Waals surface area contributed by atoms with E-state index in [0.29, 0.717) is 16.5 Å². The van der Waals surface area contributed by atoms with E-state index in [-0.39, 0.29) is 18.5 Å². The average Bonchev–Trinajstić information content (AvgIpc) is 2.68. The number of carbonyl (C=O) groups is 2. The molecular weight excluding hydrogens is 370 g/mol. The average molecular weight is 393 g/mol. The molecule has 0 bridgehead atoms. The van der Waals surface area contributed by atoms with Gasteiger partial charge in [0.25, 0.3) is 5.56 Å². The van der Waals surface area contributed by atoms with Crippen LogP contribution < -0.4 is 10.9 Å². The van der Waals surface area contributed by atoms with Crippen LogP contribution >= 0.6 is 0 Å². The van der Waals surface area contributed by atoms with Gasteiger partial charge in [0.1, 0.15) is 0 Å². The molecule has 0 aliphatic rings. The summed E-state index contributed by atoms with van der Waals surface area (Å²) >= 11 is 0. The van der Waals surface area contributed by atoms with E-state index >= 15 is 0 Å². The second kappa shape index (κ2) is 8.26. The summed E-state index contributed by atoms with van der Waals surface area (Å²) in [6.07, 6.45) is 1.39. The van der Waals surface area contributed by atoms with Gasteiger partial charge in [-0.15, -0.1) is 0 Å². The lowest BCUT2D eigenvalue weighted by molar-refractivity contribution is -0.142. The molecule has 1 unspecified atom stereocenters. The summed E-state index contributed by atoms with van der Waals surface area (Å²) in [5.74, 6) is -1.58. The third-order valence-corrected chi connectivity index (χ3v) is 5.14. The van der Waals surface area contributed by atoms with Crippen molar-refractivity contribution in [2.45, 2.75) is 39.8 Å². The van der Waals surface area contributed by atoms with E-state index in [1.165, 1.54) is 10.9 Å². The lowest BCUT2D eigenvalue weighted by atomic mass is 9.97. The maximum atomic E-state index is 12.6. The van der Waals surface area contributed by atoms with Crippen LogP contribution in [0.1, 0.15) is 34.7 Å². The Morgan fingerprint density at radius 1 is 1.10 bits per heavy atom. The molecule has 3 aromatic rings. The molecule has 1 atom stereocenters. The Morgan fingerprint density at radius 2 is 1.79 bits per heavy atom. The largest absolute Gasteiger partial charge is 0.479 e. The predicted molar refractivity (Wildman–Crippen MR) is 110 cm³/mol. The number of aryl methyl sites for hydroxylation is 3. The highest BCUT2D eigenvalue weighted by Gasteiger charge is 2.24. The molecule has 1 amide bonds. The first-order valence-electron chi connectivity index (χ1n) is 9.32. The molecular formula is C22H23N3O4. The number of fused-ring (bicyclic) bond motifs is 1. The van der Waals surface area contributed by atoms with Crippen molar-refractivity contribution < 1.29 is 14.7 Å². The SMILES string of the molecule is Cc1cccc(C(NC(=O)CCn2cnc3c(C)cccc3c2=O)C(=O)O)c1C. The minimum atomic E-state index is -1.14. The standard InChI is InChI=1S/C22H23N3O4/c1-13-6-4-8-16(15(13)3)20(22(28)29)24-18(26)10-11-25-12-23-19-14(2)7-5-9-17(19)21(25)27/h4-9,12,20H,10-11H2,1-3H3,(H,24,26)(H,28,29). The van der Waals surface area contributed by atoms with Crippen LogP contribution in [0.3, 0.4) is 0 Å². The van der Waals surface area contributed by atoms with E-state index in [2.05, 4.69) is 10.3 Å². The van der Waals surface area contributed by atoms with Crippen molar-refractivity contribution in [2.75, 3.05) is 0 Å². The molecule has 0 aliphatic heterocycles. The van der Waals surface area contributed by atoms with Gasteiger partial charge in [0.05, 0.1) is 17.2 Å². The summed E-state index contributed by atoms with van der Waals surface area (Å²) in [7, 11) is 0. The second-order valence-electron chi connectivity index (χ2n) is 7.09. The Balaban J connectivity index is 1.76. The second-order valence-corrected chi connectivity index (χ2v) is 7.09. The van der Waals surface area contributed by atoms with Crippen molar-refractivity contribution in [3.8, 4) is 0 Å². The summed E-state index contributed by atoms with van der Waals surface area (Å²) in [5.41, 5.74) is 3.64. The van der Waals surface area contributed by atoms with Crippen LogP contribution in [-0.4, -0.2) is 26.5 Å². The van der Waals surface area contributed by atoms with E-state index in [0.717, 1.165) is 16.7 Å². The first-order valence-corrected chi connectivity index (χ1v) is 9.32. The van der Waals surface area contributed by atoms with Crippen LogP contribution in [0.4, 0.5) is 0 Å². The number of aromatic nitrogens is 2. The predicted octanol–water partition coefficient (Wildman–Crippen LogP) is 2.65. The van der Waals surface area contributed by atoms with E-state index < -0.39 is 17.9 Å². The monoisotopic (exact) mass is 393 g/mol. The molecule has 0 spiro atoms. The molecule has 7 nitrogen and oxygen atoms in total. The Kier molecular flexibility index (Phi) is 5.77. The molecule has 150 valence electrons. The third-order valence-electron chi connectivity index (χ3n) is 5.14. The van der Waals surface area contributed by atoms with Gasteiger partial charge in [-0.2, -0.15) is 0 Å². The lowest BCUT2D eigenvalue weighted by Gasteiger charge is -2.18.